The second-order valence-electron chi connectivity index (χ2n) is 6.89. The molecule has 22 heavy (non-hydrogen) atoms. The topological polar surface area (TPSA) is 45.7 Å². The van der Waals surface area contributed by atoms with Gasteiger partial charge in [-0.15, -0.1) is 24.0 Å². The van der Waals surface area contributed by atoms with Crippen molar-refractivity contribution in [2.45, 2.75) is 57.8 Å². The first-order valence-corrected chi connectivity index (χ1v) is 8.71. The third-order valence-corrected chi connectivity index (χ3v) is 5.13. The lowest BCUT2D eigenvalue weighted by atomic mass is 9.83. The van der Waals surface area contributed by atoms with Crippen LogP contribution in [0.15, 0.2) is 4.99 Å². The lowest BCUT2D eigenvalue weighted by molar-refractivity contribution is 0.138. The van der Waals surface area contributed by atoms with Gasteiger partial charge in [-0.25, -0.2) is 0 Å². The van der Waals surface area contributed by atoms with E-state index in [9.17, 15) is 0 Å². The molecule has 0 bridgehead atoms. The number of nitrogens with zero attached hydrogens (tertiary/aromatic N) is 1. The van der Waals surface area contributed by atoms with Crippen LogP contribution in [0.4, 0.5) is 0 Å². The fourth-order valence-electron chi connectivity index (χ4n) is 3.45. The first-order valence-electron chi connectivity index (χ1n) is 8.71. The minimum absolute atomic E-state index is 0. The smallest absolute Gasteiger partial charge is 0.190 e. The molecule has 5 heteroatoms. The quantitative estimate of drug-likeness (QED) is 0.258. The van der Waals surface area contributed by atoms with E-state index in [1.54, 1.807) is 7.11 Å². The molecule has 130 valence electrons. The number of hydrogen-bond donors (Lipinski definition) is 2. The van der Waals surface area contributed by atoms with Crippen LogP contribution in [0.2, 0.25) is 0 Å². The fourth-order valence-corrected chi connectivity index (χ4v) is 3.45. The fraction of sp³-hybridized carbons (Fsp3) is 0.941. The normalized spacial score (nSPS) is 20.5. The molecule has 2 aliphatic carbocycles. The maximum atomic E-state index is 5.30. The van der Waals surface area contributed by atoms with E-state index in [0.29, 0.717) is 5.41 Å². The molecule has 0 spiro atoms. The van der Waals surface area contributed by atoms with Crippen LogP contribution in [-0.4, -0.2) is 39.8 Å². The summed E-state index contributed by atoms with van der Waals surface area (Å²) >= 11 is 0. The van der Waals surface area contributed by atoms with Crippen LogP contribution >= 0.6 is 24.0 Å². The number of aliphatic imine (C=N–C) groups is 1. The van der Waals surface area contributed by atoms with Crippen molar-refractivity contribution in [3.8, 4) is 0 Å². The van der Waals surface area contributed by atoms with Gasteiger partial charge in [-0.3, -0.25) is 4.99 Å². The Morgan fingerprint density at radius 2 is 1.95 bits per heavy atom. The zero-order valence-electron chi connectivity index (χ0n) is 14.3. The van der Waals surface area contributed by atoms with Crippen LogP contribution in [0, 0.1) is 11.3 Å². The average molecular weight is 423 g/mol. The van der Waals surface area contributed by atoms with Crippen LogP contribution in [0.1, 0.15) is 57.8 Å². The number of nitrogens with one attached hydrogen (secondary N) is 2. The van der Waals surface area contributed by atoms with Gasteiger partial charge in [0, 0.05) is 33.9 Å². The molecule has 0 atom stereocenters. The molecule has 2 rings (SSSR count). The SMILES string of the molecule is CN=C(NCCCC1CC1)NCC1(CCOC)CCCC1.I. The lowest BCUT2D eigenvalue weighted by Gasteiger charge is -2.30. The Balaban J connectivity index is 0.00000242. The molecule has 0 unspecified atom stereocenters. The van der Waals surface area contributed by atoms with Gasteiger partial charge in [0.2, 0.25) is 0 Å². The Bertz CT molecular complexity index is 326. The molecule has 0 aromatic heterocycles. The molecule has 2 aliphatic rings. The predicted molar refractivity (Wildman–Crippen MR) is 104 cm³/mol. The van der Waals surface area contributed by atoms with Gasteiger partial charge in [0.25, 0.3) is 0 Å². The van der Waals surface area contributed by atoms with E-state index >= 15 is 0 Å². The highest BCUT2D eigenvalue weighted by molar-refractivity contribution is 14.0. The van der Waals surface area contributed by atoms with Crippen LogP contribution in [-0.2, 0) is 4.74 Å². The minimum Gasteiger partial charge on any atom is -0.385 e. The van der Waals surface area contributed by atoms with E-state index in [1.165, 1.54) is 51.4 Å². The number of guanidine groups is 1. The number of ether oxygens (including phenoxy) is 1. The molecule has 2 fully saturated rings. The molecule has 2 N–H and O–H groups in total. The average Bonchev–Trinajstić information content (AvgIpc) is 3.22. The van der Waals surface area contributed by atoms with Gasteiger partial charge >= 0.3 is 0 Å². The second kappa shape index (κ2) is 10.7. The van der Waals surface area contributed by atoms with Crippen molar-refractivity contribution in [3.05, 3.63) is 0 Å². The molecule has 0 amide bonds. The highest BCUT2D eigenvalue weighted by Crippen LogP contribution is 2.40. The van der Waals surface area contributed by atoms with Crippen molar-refractivity contribution in [2.24, 2.45) is 16.3 Å². The Kier molecular flexibility index (Phi) is 9.71. The molecule has 4 nitrogen and oxygen atoms in total. The summed E-state index contributed by atoms with van der Waals surface area (Å²) in [6, 6.07) is 0. The van der Waals surface area contributed by atoms with E-state index in [-0.39, 0.29) is 24.0 Å². The standard InChI is InChI=1S/C17H33N3O.HI/c1-18-16(19-12-5-6-15-7-8-15)20-14-17(11-13-21-2)9-3-4-10-17;/h15H,3-14H2,1-2H3,(H2,18,19,20);1H. The molecular formula is C17H34IN3O. The van der Waals surface area contributed by atoms with Crippen LogP contribution < -0.4 is 10.6 Å². The van der Waals surface area contributed by atoms with Crippen LogP contribution in [0.5, 0.6) is 0 Å². The number of rotatable bonds is 9. The lowest BCUT2D eigenvalue weighted by Crippen LogP contribution is -2.43. The zero-order valence-corrected chi connectivity index (χ0v) is 16.7. The molecule has 0 aromatic carbocycles. The van der Waals surface area contributed by atoms with Crippen molar-refractivity contribution in [1.29, 1.82) is 0 Å². The largest absolute Gasteiger partial charge is 0.385 e. The molecule has 2 saturated carbocycles. The van der Waals surface area contributed by atoms with Crippen LogP contribution in [0.3, 0.4) is 0 Å². The van der Waals surface area contributed by atoms with Crippen molar-refractivity contribution in [3.63, 3.8) is 0 Å². The van der Waals surface area contributed by atoms with Crippen molar-refractivity contribution in [2.75, 3.05) is 33.9 Å². The van der Waals surface area contributed by atoms with Crippen molar-refractivity contribution < 1.29 is 4.74 Å². The molecule has 0 radical (unpaired) electrons. The van der Waals surface area contributed by atoms with Gasteiger partial charge in [-0.1, -0.05) is 25.7 Å². The molecule has 0 aliphatic heterocycles. The molecule has 0 aromatic rings. The summed E-state index contributed by atoms with van der Waals surface area (Å²) in [5.41, 5.74) is 0.418. The van der Waals surface area contributed by atoms with Crippen LogP contribution in [0.25, 0.3) is 0 Å². The van der Waals surface area contributed by atoms with E-state index < -0.39 is 0 Å². The van der Waals surface area contributed by atoms with E-state index in [0.717, 1.165) is 38.0 Å². The summed E-state index contributed by atoms with van der Waals surface area (Å²) in [5.74, 6) is 1.99. The van der Waals surface area contributed by atoms with Gasteiger partial charge in [0.05, 0.1) is 0 Å². The van der Waals surface area contributed by atoms with Gasteiger partial charge in [0.1, 0.15) is 0 Å². The number of methoxy groups -OCH3 is 1. The van der Waals surface area contributed by atoms with Crippen molar-refractivity contribution in [1.82, 2.24) is 10.6 Å². The minimum atomic E-state index is 0. The monoisotopic (exact) mass is 423 g/mol. The molecular weight excluding hydrogens is 389 g/mol. The Morgan fingerprint density at radius 3 is 2.55 bits per heavy atom. The maximum absolute atomic E-state index is 5.30. The third kappa shape index (κ3) is 7.02. The predicted octanol–water partition coefficient (Wildman–Crippen LogP) is 3.56. The summed E-state index contributed by atoms with van der Waals surface area (Å²) in [6.45, 7) is 2.94. The summed E-state index contributed by atoms with van der Waals surface area (Å²) in [4.78, 5) is 4.36. The van der Waals surface area contributed by atoms with Crippen molar-refractivity contribution >= 4 is 29.9 Å². The summed E-state index contributed by atoms with van der Waals surface area (Å²) in [6.07, 6.45) is 12.1. The van der Waals surface area contributed by atoms with Gasteiger partial charge in [-0.05, 0) is 43.4 Å². The van der Waals surface area contributed by atoms with E-state index in [4.69, 9.17) is 4.74 Å². The number of hydrogen-bond acceptors (Lipinski definition) is 2. The highest BCUT2D eigenvalue weighted by atomic mass is 127. The Morgan fingerprint density at radius 1 is 1.23 bits per heavy atom. The third-order valence-electron chi connectivity index (χ3n) is 5.13. The number of halogens is 1. The Labute approximate surface area is 153 Å². The zero-order chi connectivity index (χ0) is 15.0. The van der Waals surface area contributed by atoms with E-state index in [2.05, 4.69) is 15.6 Å². The molecule has 0 heterocycles. The Hall–Kier alpha value is -0.0400. The first-order chi connectivity index (χ1) is 10.3. The van der Waals surface area contributed by atoms with E-state index in [1.807, 2.05) is 7.05 Å². The van der Waals surface area contributed by atoms with Gasteiger partial charge in [0.15, 0.2) is 5.96 Å². The molecule has 0 saturated heterocycles. The van der Waals surface area contributed by atoms with Gasteiger partial charge < -0.3 is 15.4 Å². The summed E-state index contributed by atoms with van der Waals surface area (Å²) < 4.78 is 5.30. The summed E-state index contributed by atoms with van der Waals surface area (Å²) in [5, 5.41) is 7.01. The maximum Gasteiger partial charge on any atom is 0.190 e. The second-order valence-corrected chi connectivity index (χ2v) is 6.89. The highest BCUT2D eigenvalue weighted by Gasteiger charge is 2.33. The first kappa shape index (κ1) is 20.0. The summed E-state index contributed by atoms with van der Waals surface area (Å²) in [7, 11) is 3.67. The van der Waals surface area contributed by atoms with Gasteiger partial charge in [-0.2, -0.15) is 0 Å².